The molecule has 0 aliphatic heterocycles. The van der Waals surface area contributed by atoms with E-state index in [2.05, 4.69) is 25.4 Å². The van der Waals surface area contributed by atoms with Crippen molar-refractivity contribution in [3.05, 3.63) is 28.7 Å². The van der Waals surface area contributed by atoms with E-state index in [0.29, 0.717) is 24.9 Å². The molecule has 0 bridgehead atoms. The van der Waals surface area contributed by atoms with Crippen LogP contribution in [0.15, 0.2) is 28.7 Å². The Balaban J connectivity index is 2.17. The van der Waals surface area contributed by atoms with Gasteiger partial charge >= 0.3 is 5.97 Å². The standard InChI is InChI=1S/C13H16BrNO4S/c1-19-13(16)11-3-2-4-12(11)20(17,18)15-10-7-5-9(14)6-8-10/h5-8,11-12,15H,2-4H2,1H3. The predicted molar refractivity (Wildman–Crippen MR) is 79.8 cm³/mol. The SMILES string of the molecule is COC(=O)C1CCCC1S(=O)(=O)Nc1ccc(Br)cc1. The van der Waals surface area contributed by atoms with E-state index in [0.717, 1.165) is 4.47 Å². The summed E-state index contributed by atoms with van der Waals surface area (Å²) in [6.45, 7) is 0. The van der Waals surface area contributed by atoms with Crippen molar-refractivity contribution >= 4 is 37.6 Å². The number of ether oxygens (including phenoxy) is 1. The van der Waals surface area contributed by atoms with Gasteiger partial charge in [0.25, 0.3) is 0 Å². The van der Waals surface area contributed by atoms with E-state index in [9.17, 15) is 13.2 Å². The van der Waals surface area contributed by atoms with E-state index in [1.54, 1.807) is 24.3 Å². The minimum Gasteiger partial charge on any atom is -0.469 e. The average molecular weight is 362 g/mol. The number of methoxy groups -OCH3 is 1. The minimum atomic E-state index is -3.60. The first-order valence-corrected chi connectivity index (χ1v) is 8.63. The first-order chi connectivity index (χ1) is 9.44. The van der Waals surface area contributed by atoms with Crippen molar-refractivity contribution < 1.29 is 17.9 Å². The number of carbonyl (C=O) groups is 1. The van der Waals surface area contributed by atoms with Crippen LogP contribution in [-0.2, 0) is 19.6 Å². The highest BCUT2D eigenvalue weighted by Gasteiger charge is 2.42. The molecule has 1 aliphatic carbocycles. The molecule has 110 valence electrons. The number of nitrogens with one attached hydrogen (secondary N) is 1. The number of sulfonamides is 1. The van der Waals surface area contributed by atoms with E-state index in [1.807, 2.05) is 0 Å². The third-order valence-corrected chi connectivity index (χ3v) is 5.87. The maximum atomic E-state index is 12.4. The molecule has 1 N–H and O–H groups in total. The second-order valence-electron chi connectivity index (χ2n) is 4.75. The number of halogens is 1. The Morgan fingerprint density at radius 1 is 1.30 bits per heavy atom. The number of hydrogen-bond donors (Lipinski definition) is 1. The molecule has 1 aromatic rings. The van der Waals surface area contributed by atoms with Crippen molar-refractivity contribution in [2.75, 3.05) is 11.8 Å². The first kappa shape index (κ1) is 15.3. The maximum absolute atomic E-state index is 12.4. The number of carbonyl (C=O) groups excluding carboxylic acids is 1. The van der Waals surface area contributed by atoms with Gasteiger partial charge in [0.15, 0.2) is 0 Å². The zero-order valence-electron chi connectivity index (χ0n) is 11.0. The van der Waals surface area contributed by atoms with Crippen LogP contribution in [0.5, 0.6) is 0 Å². The predicted octanol–water partition coefficient (Wildman–Crippen LogP) is 2.53. The molecule has 20 heavy (non-hydrogen) atoms. The van der Waals surface area contributed by atoms with Gasteiger partial charge in [0.1, 0.15) is 0 Å². The molecule has 0 heterocycles. The Bertz CT molecular complexity index is 585. The van der Waals surface area contributed by atoms with Gasteiger partial charge in [-0.25, -0.2) is 8.42 Å². The van der Waals surface area contributed by atoms with Crippen LogP contribution in [0.25, 0.3) is 0 Å². The van der Waals surface area contributed by atoms with Crippen LogP contribution >= 0.6 is 15.9 Å². The fourth-order valence-electron chi connectivity index (χ4n) is 2.48. The van der Waals surface area contributed by atoms with Gasteiger partial charge in [0.05, 0.1) is 18.3 Å². The smallest absolute Gasteiger partial charge is 0.310 e. The molecule has 0 amide bonds. The summed E-state index contributed by atoms with van der Waals surface area (Å²) in [5, 5.41) is -0.724. The lowest BCUT2D eigenvalue weighted by molar-refractivity contribution is -0.145. The van der Waals surface area contributed by atoms with Crippen molar-refractivity contribution in [1.29, 1.82) is 0 Å². The summed E-state index contributed by atoms with van der Waals surface area (Å²) < 4.78 is 32.9. The molecule has 1 aliphatic rings. The summed E-state index contributed by atoms with van der Waals surface area (Å²) in [6, 6.07) is 6.85. The molecule has 1 aromatic carbocycles. The van der Waals surface area contributed by atoms with Crippen molar-refractivity contribution in [2.45, 2.75) is 24.5 Å². The molecular weight excluding hydrogens is 346 g/mol. The Labute approximate surface area is 126 Å². The Hall–Kier alpha value is -1.08. The highest BCUT2D eigenvalue weighted by Crippen LogP contribution is 2.33. The Morgan fingerprint density at radius 3 is 2.55 bits per heavy atom. The highest BCUT2D eigenvalue weighted by atomic mass is 79.9. The van der Waals surface area contributed by atoms with E-state index in [-0.39, 0.29) is 0 Å². The number of anilines is 1. The van der Waals surface area contributed by atoms with Crippen molar-refractivity contribution in [1.82, 2.24) is 0 Å². The van der Waals surface area contributed by atoms with Crippen LogP contribution in [-0.4, -0.2) is 26.7 Å². The van der Waals surface area contributed by atoms with Gasteiger partial charge in [-0.3, -0.25) is 9.52 Å². The van der Waals surface area contributed by atoms with E-state index < -0.39 is 27.2 Å². The van der Waals surface area contributed by atoms with Crippen LogP contribution in [0, 0.1) is 5.92 Å². The summed E-state index contributed by atoms with van der Waals surface area (Å²) in [5.74, 6) is -1.03. The third kappa shape index (κ3) is 3.32. The number of esters is 1. The van der Waals surface area contributed by atoms with Gasteiger partial charge in [0, 0.05) is 10.2 Å². The molecule has 0 radical (unpaired) electrons. The van der Waals surface area contributed by atoms with Crippen molar-refractivity contribution in [2.24, 2.45) is 5.92 Å². The molecule has 0 saturated heterocycles. The minimum absolute atomic E-state index is 0.450. The Kier molecular flexibility index (Phi) is 4.70. The summed E-state index contributed by atoms with van der Waals surface area (Å²) in [7, 11) is -2.31. The molecule has 7 heteroatoms. The second-order valence-corrected chi connectivity index (χ2v) is 7.57. The molecule has 1 fully saturated rings. The summed E-state index contributed by atoms with van der Waals surface area (Å²) >= 11 is 3.29. The topological polar surface area (TPSA) is 72.5 Å². The number of rotatable bonds is 4. The molecule has 2 rings (SSSR count). The first-order valence-electron chi connectivity index (χ1n) is 6.29. The number of hydrogen-bond acceptors (Lipinski definition) is 4. The second kappa shape index (κ2) is 6.13. The monoisotopic (exact) mass is 361 g/mol. The van der Waals surface area contributed by atoms with Crippen LogP contribution in [0.3, 0.4) is 0 Å². The lowest BCUT2D eigenvalue weighted by Crippen LogP contribution is -2.35. The third-order valence-electron chi connectivity index (χ3n) is 3.46. The van der Waals surface area contributed by atoms with Gasteiger partial charge < -0.3 is 4.74 Å². The molecule has 1 saturated carbocycles. The molecule has 2 atom stereocenters. The molecular formula is C13H16BrNO4S. The van der Waals surface area contributed by atoms with E-state index >= 15 is 0 Å². The lowest BCUT2D eigenvalue weighted by atomic mass is 10.1. The van der Waals surface area contributed by atoms with Crippen LogP contribution in [0.1, 0.15) is 19.3 Å². The van der Waals surface area contributed by atoms with Crippen molar-refractivity contribution in [3.8, 4) is 0 Å². The summed E-state index contributed by atoms with van der Waals surface area (Å²) in [6.07, 6.45) is 1.75. The van der Waals surface area contributed by atoms with Gasteiger partial charge in [-0.05, 0) is 37.1 Å². The number of benzene rings is 1. The van der Waals surface area contributed by atoms with Crippen LogP contribution in [0.4, 0.5) is 5.69 Å². The van der Waals surface area contributed by atoms with Gasteiger partial charge in [-0.15, -0.1) is 0 Å². The van der Waals surface area contributed by atoms with Crippen molar-refractivity contribution in [3.63, 3.8) is 0 Å². The van der Waals surface area contributed by atoms with Gasteiger partial charge in [-0.2, -0.15) is 0 Å². The molecule has 0 aromatic heterocycles. The zero-order chi connectivity index (χ0) is 14.8. The largest absolute Gasteiger partial charge is 0.469 e. The van der Waals surface area contributed by atoms with Gasteiger partial charge in [-0.1, -0.05) is 22.4 Å². The molecule has 5 nitrogen and oxygen atoms in total. The quantitative estimate of drug-likeness (QED) is 0.836. The highest BCUT2D eigenvalue weighted by molar-refractivity contribution is 9.10. The fraction of sp³-hybridized carbons (Fsp3) is 0.462. The summed E-state index contributed by atoms with van der Waals surface area (Å²) in [5.41, 5.74) is 0.490. The lowest BCUT2D eigenvalue weighted by Gasteiger charge is -2.19. The summed E-state index contributed by atoms with van der Waals surface area (Å²) in [4.78, 5) is 11.6. The zero-order valence-corrected chi connectivity index (χ0v) is 13.4. The van der Waals surface area contributed by atoms with E-state index in [1.165, 1.54) is 7.11 Å². The van der Waals surface area contributed by atoms with Crippen LogP contribution < -0.4 is 4.72 Å². The maximum Gasteiger partial charge on any atom is 0.310 e. The van der Waals surface area contributed by atoms with Gasteiger partial charge in [0.2, 0.25) is 10.0 Å². The fourth-order valence-corrected chi connectivity index (χ4v) is 4.51. The molecule has 0 spiro atoms. The van der Waals surface area contributed by atoms with E-state index in [4.69, 9.17) is 0 Å². The normalized spacial score (nSPS) is 22.5. The Morgan fingerprint density at radius 2 is 1.95 bits per heavy atom. The molecule has 2 unspecified atom stereocenters. The average Bonchev–Trinajstić information content (AvgIpc) is 2.90. The van der Waals surface area contributed by atoms with Crippen LogP contribution in [0.2, 0.25) is 0 Å².